The summed E-state index contributed by atoms with van der Waals surface area (Å²) in [6.07, 6.45) is 6.39. The monoisotopic (exact) mass is 501 g/mol. The van der Waals surface area contributed by atoms with Gasteiger partial charge in [0, 0.05) is 17.6 Å². The van der Waals surface area contributed by atoms with Crippen LogP contribution in [0.25, 0.3) is 5.69 Å². The van der Waals surface area contributed by atoms with E-state index in [2.05, 4.69) is 20.3 Å². The number of anilines is 2. The van der Waals surface area contributed by atoms with Gasteiger partial charge in [-0.25, -0.2) is 24.1 Å². The summed E-state index contributed by atoms with van der Waals surface area (Å²) in [5.74, 6) is -0.492. The Labute approximate surface area is 214 Å². The zero-order chi connectivity index (χ0) is 26.0. The first-order valence-electron chi connectivity index (χ1n) is 12.2. The lowest BCUT2D eigenvalue weighted by Gasteiger charge is -2.34. The molecule has 0 bridgehead atoms. The molecule has 37 heavy (non-hydrogen) atoms. The van der Waals surface area contributed by atoms with E-state index in [0.717, 1.165) is 23.1 Å². The second-order valence-electron chi connectivity index (χ2n) is 9.48. The Morgan fingerprint density at radius 3 is 2.62 bits per heavy atom. The van der Waals surface area contributed by atoms with Gasteiger partial charge in [-0.05, 0) is 75.4 Å². The smallest absolute Gasteiger partial charge is 0.338 e. The van der Waals surface area contributed by atoms with Gasteiger partial charge in [0.25, 0.3) is 0 Å². The minimum atomic E-state index is -1.09. The predicted octanol–water partition coefficient (Wildman–Crippen LogP) is 5.15. The Morgan fingerprint density at radius 1 is 1.14 bits per heavy atom. The number of aryl methyl sites for hydroxylation is 2. The van der Waals surface area contributed by atoms with Crippen molar-refractivity contribution in [1.29, 1.82) is 0 Å². The average Bonchev–Trinajstić information content (AvgIpc) is 3.40. The Morgan fingerprint density at radius 2 is 1.89 bits per heavy atom. The van der Waals surface area contributed by atoms with Crippen LogP contribution in [0.1, 0.15) is 53.0 Å². The second-order valence-corrected chi connectivity index (χ2v) is 9.48. The van der Waals surface area contributed by atoms with E-state index >= 15 is 0 Å². The molecule has 2 aromatic heterocycles. The molecule has 2 heterocycles. The summed E-state index contributed by atoms with van der Waals surface area (Å²) in [6.45, 7) is 3.55. The normalized spacial score (nSPS) is 19.4. The van der Waals surface area contributed by atoms with Crippen molar-refractivity contribution in [3.63, 3.8) is 0 Å². The van der Waals surface area contributed by atoms with E-state index in [-0.39, 0.29) is 17.8 Å². The van der Waals surface area contributed by atoms with Crippen LogP contribution in [-0.2, 0) is 10.3 Å². The quantitative estimate of drug-likeness (QED) is 0.352. The molecule has 0 amide bonds. The number of rotatable bonds is 6. The molecule has 8 nitrogen and oxygen atoms in total. The molecule has 1 saturated carbocycles. The zero-order valence-electron chi connectivity index (χ0n) is 20.7. The van der Waals surface area contributed by atoms with E-state index in [9.17, 15) is 14.3 Å². The first-order chi connectivity index (χ1) is 17.8. The van der Waals surface area contributed by atoms with Gasteiger partial charge >= 0.3 is 5.97 Å². The highest BCUT2D eigenvalue weighted by molar-refractivity contribution is 5.89. The molecule has 5 rings (SSSR count). The molecule has 4 aromatic rings. The molecular weight excluding hydrogens is 473 g/mol. The van der Waals surface area contributed by atoms with E-state index in [1.807, 2.05) is 42.0 Å². The zero-order valence-corrected chi connectivity index (χ0v) is 20.7. The molecule has 0 unspecified atom stereocenters. The molecule has 2 N–H and O–H groups in total. The second kappa shape index (κ2) is 10.1. The SMILES string of the molecule is Cc1cc(Nc2ncc(F)c(C)n2)cc(-n2cnc([C@]3(O)CC[C@H](OC(=O)c4ccccc4)CC3)c2)c1. The lowest BCUT2D eigenvalue weighted by molar-refractivity contribution is -0.0485. The maximum atomic E-state index is 13.5. The number of halogens is 1. The lowest BCUT2D eigenvalue weighted by atomic mass is 9.81. The lowest BCUT2D eigenvalue weighted by Crippen LogP contribution is -2.35. The summed E-state index contributed by atoms with van der Waals surface area (Å²) in [4.78, 5) is 25.0. The molecule has 1 aliphatic carbocycles. The van der Waals surface area contributed by atoms with Crippen molar-refractivity contribution in [2.75, 3.05) is 5.32 Å². The van der Waals surface area contributed by atoms with Crippen molar-refractivity contribution in [3.8, 4) is 5.69 Å². The summed E-state index contributed by atoms with van der Waals surface area (Å²) < 4.78 is 21.0. The van der Waals surface area contributed by atoms with Crippen LogP contribution in [0, 0.1) is 19.7 Å². The number of carbonyl (C=O) groups excluding carboxylic acids is 1. The van der Waals surface area contributed by atoms with Gasteiger partial charge in [0.2, 0.25) is 5.95 Å². The summed E-state index contributed by atoms with van der Waals surface area (Å²) in [7, 11) is 0. The molecule has 0 radical (unpaired) electrons. The number of hydrogen-bond acceptors (Lipinski definition) is 7. The van der Waals surface area contributed by atoms with Crippen molar-refractivity contribution in [1.82, 2.24) is 19.5 Å². The molecule has 0 saturated heterocycles. The van der Waals surface area contributed by atoms with Gasteiger partial charge in [-0.3, -0.25) is 0 Å². The Kier molecular flexibility index (Phi) is 6.71. The highest BCUT2D eigenvalue weighted by Crippen LogP contribution is 2.38. The topological polar surface area (TPSA) is 102 Å². The minimum absolute atomic E-state index is 0.238. The van der Waals surface area contributed by atoms with Crippen LogP contribution < -0.4 is 5.32 Å². The first-order valence-corrected chi connectivity index (χ1v) is 12.2. The van der Waals surface area contributed by atoms with Crippen LogP contribution in [0.5, 0.6) is 0 Å². The third-order valence-electron chi connectivity index (χ3n) is 6.64. The molecule has 9 heteroatoms. The Hall–Kier alpha value is -4.11. The number of imidazole rings is 1. The van der Waals surface area contributed by atoms with Gasteiger partial charge in [0.15, 0.2) is 5.82 Å². The first kappa shape index (κ1) is 24.6. The predicted molar refractivity (Wildman–Crippen MR) is 136 cm³/mol. The van der Waals surface area contributed by atoms with Gasteiger partial charge in [-0.15, -0.1) is 0 Å². The van der Waals surface area contributed by atoms with E-state index in [4.69, 9.17) is 4.74 Å². The molecule has 1 fully saturated rings. The number of benzene rings is 2. The summed E-state index contributed by atoms with van der Waals surface area (Å²) >= 11 is 0. The van der Waals surface area contributed by atoms with Crippen LogP contribution in [-0.4, -0.2) is 36.7 Å². The fourth-order valence-electron chi connectivity index (χ4n) is 4.57. The van der Waals surface area contributed by atoms with Gasteiger partial charge < -0.3 is 19.7 Å². The Bertz CT molecular complexity index is 1410. The van der Waals surface area contributed by atoms with E-state index < -0.39 is 11.4 Å². The van der Waals surface area contributed by atoms with Crippen molar-refractivity contribution in [2.45, 2.75) is 51.2 Å². The van der Waals surface area contributed by atoms with Crippen molar-refractivity contribution in [2.24, 2.45) is 0 Å². The maximum Gasteiger partial charge on any atom is 0.338 e. The third kappa shape index (κ3) is 5.51. The molecule has 2 aromatic carbocycles. The molecular formula is C28H28FN5O3. The number of aliphatic hydroxyl groups is 1. The van der Waals surface area contributed by atoms with Gasteiger partial charge in [0.1, 0.15) is 11.7 Å². The highest BCUT2D eigenvalue weighted by Gasteiger charge is 2.38. The minimum Gasteiger partial charge on any atom is -0.459 e. The van der Waals surface area contributed by atoms with Gasteiger partial charge in [-0.1, -0.05) is 18.2 Å². The van der Waals surface area contributed by atoms with Crippen molar-refractivity contribution < 1.29 is 19.0 Å². The largest absolute Gasteiger partial charge is 0.459 e. The molecule has 0 aliphatic heterocycles. The average molecular weight is 502 g/mol. The van der Waals surface area contributed by atoms with Gasteiger partial charge in [-0.2, -0.15) is 0 Å². The third-order valence-corrected chi connectivity index (χ3v) is 6.64. The molecule has 190 valence electrons. The molecule has 0 spiro atoms. The van der Waals surface area contributed by atoms with Crippen LogP contribution in [0.2, 0.25) is 0 Å². The van der Waals surface area contributed by atoms with Crippen LogP contribution in [0.4, 0.5) is 16.0 Å². The fourth-order valence-corrected chi connectivity index (χ4v) is 4.57. The Balaban J connectivity index is 1.27. The number of aromatic nitrogens is 4. The molecule has 0 atom stereocenters. The van der Waals surface area contributed by atoms with Crippen LogP contribution in [0.15, 0.2) is 67.3 Å². The molecule has 1 aliphatic rings. The number of esters is 1. The van der Waals surface area contributed by atoms with Gasteiger partial charge in [0.05, 0.1) is 29.5 Å². The van der Waals surface area contributed by atoms with Crippen molar-refractivity contribution in [3.05, 3.63) is 95.6 Å². The van der Waals surface area contributed by atoms with E-state index in [1.54, 1.807) is 37.5 Å². The maximum absolute atomic E-state index is 13.5. The summed E-state index contributed by atoms with van der Waals surface area (Å²) in [5.41, 5.74) is 2.86. The number of nitrogens with one attached hydrogen (secondary N) is 1. The summed E-state index contributed by atoms with van der Waals surface area (Å²) in [6, 6.07) is 14.8. The van der Waals surface area contributed by atoms with Crippen molar-refractivity contribution >= 4 is 17.6 Å². The number of hydrogen-bond donors (Lipinski definition) is 2. The van der Waals surface area contributed by atoms with Crippen LogP contribution in [0.3, 0.4) is 0 Å². The number of carbonyl (C=O) groups is 1. The van der Waals surface area contributed by atoms with E-state index in [1.165, 1.54) is 0 Å². The number of ether oxygens (including phenoxy) is 1. The van der Waals surface area contributed by atoms with Crippen LogP contribution >= 0.6 is 0 Å². The fraction of sp³-hybridized carbons (Fsp3) is 0.286. The summed E-state index contributed by atoms with van der Waals surface area (Å²) in [5, 5.41) is 14.5. The highest BCUT2D eigenvalue weighted by atomic mass is 19.1. The number of nitrogens with zero attached hydrogens (tertiary/aromatic N) is 4. The standard InChI is InChI=1S/C28H28FN5O3/c1-18-12-21(33-27-30-15-24(29)19(2)32-27)14-22(13-18)34-16-25(31-17-34)28(36)10-8-23(9-11-28)37-26(35)20-6-4-3-5-7-20/h3-7,12-17,23,36H,8-11H2,1-2H3,(H,30,32,33)/t23-,28-. The van der Waals surface area contributed by atoms with E-state index in [0.29, 0.717) is 42.9 Å².